The number of carboxylic acids is 1. The summed E-state index contributed by atoms with van der Waals surface area (Å²) in [5, 5.41) is 9.06. The molecule has 0 aromatic carbocycles. The van der Waals surface area contributed by atoms with Gasteiger partial charge in [0.2, 0.25) is 0 Å². The van der Waals surface area contributed by atoms with Gasteiger partial charge in [0.15, 0.2) is 11.5 Å². The van der Waals surface area contributed by atoms with E-state index in [0.717, 1.165) is 5.69 Å². The van der Waals surface area contributed by atoms with Crippen molar-refractivity contribution < 1.29 is 9.90 Å². The summed E-state index contributed by atoms with van der Waals surface area (Å²) in [6.45, 7) is 0.621. The number of aromatic carboxylic acids is 1. The summed E-state index contributed by atoms with van der Waals surface area (Å²) < 4.78 is 0. The van der Waals surface area contributed by atoms with Gasteiger partial charge in [0, 0.05) is 44.3 Å². The van der Waals surface area contributed by atoms with E-state index in [9.17, 15) is 4.79 Å². The lowest BCUT2D eigenvalue weighted by Crippen LogP contribution is -2.24. The number of anilines is 1. The highest BCUT2D eigenvalue weighted by molar-refractivity contribution is 5.90. The lowest BCUT2D eigenvalue weighted by molar-refractivity contribution is 0.0691. The molecule has 0 spiro atoms. The van der Waals surface area contributed by atoms with E-state index in [4.69, 9.17) is 5.11 Å². The molecule has 0 bridgehead atoms. The zero-order valence-electron chi connectivity index (χ0n) is 10.5. The smallest absolute Gasteiger partial charge is 0.358 e. The average Bonchev–Trinajstić information content (AvgIpc) is 2.46. The van der Waals surface area contributed by atoms with Gasteiger partial charge in [-0.1, -0.05) is 6.07 Å². The minimum atomic E-state index is -1.08. The summed E-state index contributed by atoms with van der Waals surface area (Å²) in [6, 6.07) is 5.72. The number of carboxylic acid groups (broad SMARTS) is 1. The van der Waals surface area contributed by atoms with Crippen molar-refractivity contribution >= 4 is 11.8 Å². The fourth-order valence-electron chi connectivity index (χ4n) is 1.70. The van der Waals surface area contributed by atoms with Gasteiger partial charge < -0.3 is 10.0 Å². The molecule has 0 saturated carbocycles. The van der Waals surface area contributed by atoms with Crippen molar-refractivity contribution in [2.45, 2.75) is 6.42 Å². The maximum absolute atomic E-state index is 11.1. The van der Waals surface area contributed by atoms with E-state index < -0.39 is 5.97 Å². The second kappa shape index (κ2) is 5.90. The van der Waals surface area contributed by atoms with Gasteiger partial charge in [0.05, 0.1) is 0 Å². The van der Waals surface area contributed by atoms with Crippen molar-refractivity contribution in [1.82, 2.24) is 15.0 Å². The third-order valence-electron chi connectivity index (χ3n) is 2.67. The van der Waals surface area contributed by atoms with Crippen LogP contribution in [0.15, 0.2) is 36.8 Å². The first-order chi connectivity index (χ1) is 9.18. The van der Waals surface area contributed by atoms with E-state index >= 15 is 0 Å². The van der Waals surface area contributed by atoms with Crippen LogP contribution < -0.4 is 4.90 Å². The Kier molecular flexibility index (Phi) is 4.02. The second-order valence-corrected chi connectivity index (χ2v) is 4.03. The van der Waals surface area contributed by atoms with Gasteiger partial charge in [-0.3, -0.25) is 4.98 Å². The van der Waals surface area contributed by atoms with E-state index in [-0.39, 0.29) is 5.69 Å². The Morgan fingerprint density at radius 2 is 2.00 bits per heavy atom. The molecular weight excluding hydrogens is 244 g/mol. The SMILES string of the molecule is CN(CCc1ccccn1)c1nccnc1C(=O)O. The molecule has 6 nitrogen and oxygen atoms in total. The highest BCUT2D eigenvalue weighted by atomic mass is 16.4. The normalized spacial score (nSPS) is 10.2. The Bertz CT molecular complexity index is 560. The van der Waals surface area contributed by atoms with E-state index in [1.165, 1.54) is 12.4 Å². The molecular formula is C13H14N4O2. The van der Waals surface area contributed by atoms with Gasteiger partial charge in [-0.15, -0.1) is 0 Å². The minimum Gasteiger partial charge on any atom is -0.476 e. The van der Waals surface area contributed by atoms with Gasteiger partial charge in [-0.2, -0.15) is 0 Å². The lowest BCUT2D eigenvalue weighted by Gasteiger charge is -2.18. The highest BCUT2D eigenvalue weighted by Gasteiger charge is 2.15. The molecule has 6 heteroatoms. The number of carbonyl (C=O) groups is 1. The van der Waals surface area contributed by atoms with Gasteiger partial charge in [0.25, 0.3) is 0 Å². The molecule has 0 saturated heterocycles. The van der Waals surface area contributed by atoms with Gasteiger partial charge in [-0.05, 0) is 12.1 Å². The fraction of sp³-hybridized carbons (Fsp3) is 0.231. The van der Waals surface area contributed by atoms with Crippen LogP contribution >= 0.6 is 0 Å². The van der Waals surface area contributed by atoms with Crippen molar-refractivity contribution in [1.29, 1.82) is 0 Å². The monoisotopic (exact) mass is 258 g/mol. The Hall–Kier alpha value is -2.50. The number of rotatable bonds is 5. The molecule has 0 fully saturated rings. The Morgan fingerprint density at radius 1 is 1.21 bits per heavy atom. The minimum absolute atomic E-state index is 0.0361. The van der Waals surface area contributed by atoms with Crippen LogP contribution in [0.3, 0.4) is 0 Å². The van der Waals surface area contributed by atoms with E-state index in [2.05, 4.69) is 15.0 Å². The first-order valence-corrected chi connectivity index (χ1v) is 5.84. The maximum atomic E-state index is 11.1. The van der Waals surface area contributed by atoms with Gasteiger partial charge >= 0.3 is 5.97 Å². The predicted molar refractivity (Wildman–Crippen MR) is 70.2 cm³/mol. The molecule has 0 unspecified atom stereocenters. The summed E-state index contributed by atoms with van der Waals surface area (Å²) in [5.74, 6) is -0.710. The predicted octanol–water partition coefficient (Wildman–Crippen LogP) is 1.25. The molecule has 1 N–H and O–H groups in total. The number of pyridine rings is 1. The molecule has 0 atom stereocenters. The highest BCUT2D eigenvalue weighted by Crippen LogP contribution is 2.13. The zero-order chi connectivity index (χ0) is 13.7. The van der Waals surface area contributed by atoms with Crippen LogP contribution in [-0.4, -0.2) is 39.6 Å². The molecule has 19 heavy (non-hydrogen) atoms. The zero-order valence-corrected chi connectivity index (χ0v) is 10.5. The van der Waals surface area contributed by atoms with Crippen molar-refractivity contribution in [3.05, 3.63) is 48.2 Å². The molecule has 0 radical (unpaired) electrons. The summed E-state index contributed by atoms with van der Waals surface area (Å²) >= 11 is 0. The molecule has 98 valence electrons. The van der Waals surface area contributed by atoms with Crippen LogP contribution in [0.5, 0.6) is 0 Å². The molecule has 2 rings (SSSR count). The van der Waals surface area contributed by atoms with E-state index in [1.807, 2.05) is 18.2 Å². The van der Waals surface area contributed by atoms with Crippen molar-refractivity contribution in [3.63, 3.8) is 0 Å². The molecule has 2 aromatic rings. The molecule has 0 aliphatic heterocycles. The van der Waals surface area contributed by atoms with Crippen LogP contribution in [-0.2, 0) is 6.42 Å². The van der Waals surface area contributed by atoms with Crippen LogP contribution in [0.25, 0.3) is 0 Å². The van der Waals surface area contributed by atoms with Crippen molar-refractivity contribution in [2.75, 3.05) is 18.5 Å². The largest absolute Gasteiger partial charge is 0.476 e. The summed E-state index contributed by atoms with van der Waals surface area (Å²) in [6.07, 6.45) is 5.31. The number of nitrogens with zero attached hydrogens (tertiary/aromatic N) is 4. The van der Waals surface area contributed by atoms with Gasteiger partial charge in [0.1, 0.15) is 0 Å². The molecule has 0 amide bonds. The second-order valence-electron chi connectivity index (χ2n) is 4.03. The number of likely N-dealkylation sites (N-methyl/N-ethyl adjacent to an activating group) is 1. The molecule has 0 aliphatic rings. The average molecular weight is 258 g/mol. The number of hydrogen-bond acceptors (Lipinski definition) is 5. The fourth-order valence-corrected chi connectivity index (χ4v) is 1.70. The van der Waals surface area contributed by atoms with Crippen LogP contribution in [0.4, 0.5) is 5.82 Å². The Balaban J connectivity index is 2.08. The van der Waals surface area contributed by atoms with Crippen LogP contribution in [0.2, 0.25) is 0 Å². The summed E-state index contributed by atoms with van der Waals surface area (Å²) in [5.41, 5.74) is 0.918. The van der Waals surface area contributed by atoms with E-state index in [1.54, 1.807) is 18.1 Å². The van der Waals surface area contributed by atoms with Crippen LogP contribution in [0, 0.1) is 0 Å². The first kappa shape index (κ1) is 12.9. The quantitative estimate of drug-likeness (QED) is 0.869. The molecule has 2 heterocycles. The number of aromatic nitrogens is 3. The van der Waals surface area contributed by atoms with E-state index in [0.29, 0.717) is 18.8 Å². The Morgan fingerprint density at radius 3 is 2.68 bits per heavy atom. The maximum Gasteiger partial charge on any atom is 0.358 e. The first-order valence-electron chi connectivity index (χ1n) is 5.84. The number of hydrogen-bond donors (Lipinski definition) is 1. The summed E-state index contributed by atoms with van der Waals surface area (Å²) in [7, 11) is 1.79. The molecule has 0 aliphatic carbocycles. The third-order valence-corrected chi connectivity index (χ3v) is 2.67. The van der Waals surface area contributed by atoms with Crippen LogP contribution in [0.1, 0.15) is 16.2 Å². The summed E-state index contributed by atoms with van der Waals surface area (Å²) in [4.78, 5) is 25.0. The molecule has 2 aromatic heterocycles. The standard InChI is InChI=1S/C13H14N4O2/c1-17(9-5-10-4-2-3-6-14-10)12-11(13(18)19)15-7-8-16-12/h2-4,6-8H,5,9H2,1H3,(H,18,19). The topological polar surface area (TPSA) is 79.2 Å². The Labute approximate surface area is 110 Å². The lowest BCUT2D eigenvalue weighted by atomic mass is 10.2. The third kappa shape index (κ3) is 3.25. The van der Waals surface area contributed by atoms with Gasteiger partial charge in [-0.25, -0.2) is 14.8 Å². The van der Waals surface area contributed by atoms with Crippen molar-refractivity contribution in [2.24, 2.45) is 0 Å². The van der Waals surface area contributed by atoms with Crippen molar-refractivity contribution in [3.8, 4) is 0 Å².